The van der Waals surface area contributed by atoms with E-state index in [0.717, 1.165) is 17.4 Å². The van der Waals surface area contributed by atoms with Crippen molar-refractivity contribution in [1.29, 1.82) is 0 Å². The second kappa shape index (κ2) is 8.01. The third-order valence-corrected chi connectivity index (χ3v) is 5.40. The van der Waals surface area contributed by atoms with Gasteiger partial charge >= 0.3 is 13.4 Å². The number of aryl methyl sites for hydroxylation is 1. The van der Waals surface area contributed by atoms with E-state index in [1.54, 1.807) is 12.1 Å². The second-order valence-electron chi connectivity index (χ2n) is 6.54. The minimum atomic E-state index is -4.87. The Morgan fingerprint density at radius 2 is 2.00 bits per heavy atom. The summed E-state index contributed by atoms with van der Waals surface area (Å²) in [5, 5.41) is 9.65. The molecule has 4 unspecified atom stereocenters. The summed E-state index contributed by atoms with van der Waals surface area (Å²) >= 11 is 5.96. The van der Waals surface area contributed by atoms with Gasteiger partial charge in [0, 0.05) is 12.0 Å². The molecule has 0 bridgehead atoms. The largest absolute Gasteiger partial charge is 0.471 e. The van der Waals surface area contributed by atoms with Crippen LogP contribution in [-0.4, -0.2) is 33.2 Å². The first-order chi connectivity index (χ1) is 12.7. The lowest BCUT2D eigenvalue weighted by Gasteiger charge is -2.32. The SMILES string of the molecule is CC1CCc2oc(=O)c3ccccc3c2C1OCC(Cl)C(O)OP(=O)(O)O. The van der Waals surface area contributed by atoms with Gasteiger partial charge in [-0.25, -0.2) is 9.36 Å². The molecule has 0 saturated heterocycles. The average molecular weight is 419 g/mol. The van der Waals surface area contributed by atoms with Crippen molar-refractivity contribution in [2.75, 3.05) is 6.61 Å². The van der Waals surface area contributed by atoms with Gasteiger partial charge in [-0.15, -0.1) is 11.6 Å². The molecular formula is C17H20ClO8P. The summed E-state index contributed by atoms with van der Waals surface area (Å²) in [6, 6.07) is 7.07. The maximum atomic E-state index is 12.2. The molecule has 148 valence electrons. The lowest BCUT2D eigenvalue weighted by molar-refractivity contribution is -0.0697. The Hall–Kier alpha value is -1.25. The van der Waals surface area contributed by atoms with Gasteiger partial charge in [0.25, 0.3) is 0 Å². The Bertz CT molecular complexity index is 923. The standard InChI is InChI=1S/C17H20ClO8P/c1-9-6-7-13-14(10-4-2-3-5-11(10)16(19)25-13)15(9)24-8-12(18)17(20)26-27(21,22)23/h2-5,9,12,15,17,20H,6-8H2,1H3,(H2,21,22,23). The molecule has 0 saturated carbocycles. The highest BCUT2D eigenvalue weighted by Gasteiger charge is 2.33. The number of phosphoric acid groups is 1. The van der Waals surface area contributed by atoms with Crippen molar-refractivity contribution in [3.8, 4) is 0 Å². The van der Waals surface area contributed by atoms with Gasteiger partial charge in [0.15, 0.2) is 6.29 Å². The zero-order valence-electron chi connectivity index (χ0n) is 14.4. The molecule has 8 nitrogen and oxygen atoms in total. The highest BCUT2D eigenvalue weighted by molar-refractivity contribution is 7.46. The van der Waals surface area contributed by atoms with Crippen LogP contribution in [0.25, 0.3) is 10.8 Å². The molecule has 27 heavy (non-hydrogen) atoms. The van der Waals surface area contributed by atoms with E-state index >= 15 is 0 Å². The van der Waals surface area contributed by atoms with Gasteiger partial charge in [0.05, 0.1) is 18.1 Å². The molecule has 0 aliphatic heterocycles. The number of ether oxygens (including phenoxy) is 1. The van der Waals surface area contributed by atoms with Crippen molar-refractivity contribution < 1.29 is 33.1 Å². The quantitative estimate of drug-likeness (QED) is 0.371. The molecule has 1 aromatic heterocycles. The van der Waals surface area contributed by atoms with Gasteiger partial charge in [0.1, 0.15) is 11.1 Å². The molecule has 4 atom stereocenters. The second-order valence-corrected chi connectivity index (χ2v) is 8.30. The van der Waals surface area contributed by atoms with Crippen molar-refractivity contribution in [1.82, 2.24) is 0 Å². The van der Waals surface area contributed by atoms with Crippen LogP contribution in [0.3, 0.4) is 0 Å². The number of hydrogen-bond donors (Lipinski definition) is 3. The zero-order chi connectivity index (χ0) is 19.8. The number of phosphoric ester groups is 1. The van der Waals surface area contributed by atoms with E-state index in [4.69, 9.17) is 30.5 Å². The molecule has 10 heteroatoms. The molecule has 1 aromatic carbocycles. The Labute approximate surface area is 159 Å². The van der Waals surface area contributed by atoms with Crippen LogP contribution in [0, 0.1) is 5.92 Å². The zero-order valence-corrected chi connectivity index (χ0v) is 16.1. The first-order valence-corrected chi connectivity index (χ1v) is 10.4. The van der Waals surface area contributed by atoms with E-state index in [1.807, 2.05) is 19.1 Å². The van der Waals surface area contributed by atoms with Crippen molar-refractivity contribution in [3.63, 3.8) is 0 Å². The minimum Gasteiger partial charge on any atom is -0.427 e. The highest BCUT2D eigenvalue weighted by Crippen LogP contribution is 2.41. The van der Waals surface area contributed by atoms with Crippen LogP contribution in [-0.2, 0) is 20.2 Å². The fraction of sp³-hybridized carbons (Fsp3) is 0.471. The van der Waals surface area contributed by atoms with E-state index in [2.05, 4.69) is 4.52 Å². The Balaban J connectivity index is 1.86. The van der Waals surface area contributed by atoms with E-state index in [1.165, 1.54) is 0 Å². The summed E-state index contributed by atoms with van der Waals surface area (Å²) in [4.78, 5) is 29.7. The molecular weight excluding hydrogens is 399 g/mol. The number of rotatable bonds is 6. The summed E-state index contributed by atoms with van der Waals surface area (Å²) in [5.41, 5.74) is 0.358. The third kappa shape index (κ3) is 4.60. The van der Waals surface area contributed by atoms with E-state index in [-0.39, 0.29) is 12.5 Å². The average Bonchev–Trinajstić information content (AvgIpc) is 2.59. The first kappa shape index (κ1) is 20.5. The summed E-state index contributed by atoms with van der Waals surface area (Å²) < 4.78 is 26.3. The molecule has 1 aliphatic carbocycles. The third-order valence-electron chi connectivity index (χ3n) is 4.57. The fourth-order valence-corrected chi connectivity index (χ4v) is 3.92. The van der Waals surface area contributed by atoms with E-state index < -0.39 is 31.2 Å². The molecule has 0 amide bonds. The van der Waals surface area contributed by atoms with Crippen LogP contribution in [0.5, 0.6) is 0 Å². The van der Waals surface area contributed by atoms with Crippen molar-refractivity contribution >= 4 is 30.2 Å². The van der Waals surface area contributed by atoms with Gasteiger partial charge < -0.3 is 24.0 Å². The Morgan fingerprint density at radius 3 is 2.67 bits per heavy atom. The molecule has 1 aliphatic rings. The molecule has 3 rings (SSSR count). The van der Waals surface area contributed by atoms with Gasteiger partial charge in [-0.2, -0.15) is 0 Å². The predicted molar refractivity (Wildman–Crippen MR) is 97.4 cm³/mol. The molecule has 2 aromatic rings. The smallest absolute Gasteiger partial charge is 0.427 e. The van der Waals surface area contributed by atoms with Crippen LogP contribution in [0.4, 0.5) is 0 Å². The Kier molecular flexibility index (Phi) is 6.08. The van der Waals surface area contributed by atoms with Gasteiger partial charge in [-0.05, 0) is 23.8 Å². The topological polar surface area (TPSA) is 126 Å². The number of aliphatic hydroxyl groups excluding tert-OH is 1. The monoisotopic (exact) mass is 418 g/mol. The van der Waals surface area contributed by atoms with E-state index in [0.29, 0.717) is 17.6 Å². The number of benzene rings is 1. The van der Waals surface area contributed by atoms with Crippen molar-refractivity contribution in [3.05, 3.63) is 46.0 Å². The number of aliphatic hydroxyl groups is 1. The first-order valence-electron chi connectivity index (χ1n) is 8.39. The van der Waals surface area contributed by atoms with Crippen LogP contribution in [0.2, 0.25) is 0 Å². The summed E-state index contributed by atoms with van der Waals surface area (Å²) in [5.74, 6) is 0.636. The fourth-order valence-electron chi connectivity index (χ4n) is 3.29. The highest BCUT2D eigenvalue weighted by atomic mass is 35.5. The van der Waals surface area contributed by atoms with Crippen molar-refractivity contribution in [2.24, 2.45) is 5.92 Å². The van der Waals surface area contributed by atoms with Crippen LogP contribution < -0.4 is 5.63 Å². The molecule has 0 fully saturated rings. The lowest BCUT2D eigenvalue weighted by Crippen LogP contribution is -2.31. The van der Waals surface area contributed by atoms with Gasteiger partial charge in [-0.1, -0.05) is 25.1 Å². The predicted octanol–water partition coefficient (Wildman–Crippen LogP) is 2.47. The van der Waals surface area contributed by atoms with Gasteiger partial charge in [0.2, 0.25) is 0 Å². The maximum absolute atomic E-state index is 12.2. The van der Waals surface area contributed by atoms with Crippen LogP contribution >= 0.6 is 19.4 Å². The molecule has 1 heterocycles. The maximum Gasteiger partial charge on any atom is 0.471 e. The van der Waals surface area contributed by atoms with Crippen molar-refractivity contribution in [2.45, 2.75) is 37.5 Å². The normalized spacial score (nSPS) is 22.4. The molecule has 0 spiro atoms. The number of hydrogen-bond acceptors (Lipinski definition) is 6. The summed E-state index contributed by atoms with van der Waals surface area (Å²) in [7, 11) is -4.87. The summed E-state index contributed by atoms with van der Waals surface area (Å²) in [6.45, 7) is 1.77. The molecule has 3 N–H and O–H groups in total. The van der Waals surface area contributed by atoms with Crippen LogP contribution in [0.1, 0.15) is 30.8 Å². The van der Waals surface area contributed by atoms with Gasteiger partial charge in [-0.3, -0.25) is 4.52 Å². The number of fused-ring (bicyclic) bond motifs is 3. The Morgan fingerprint density at radius 1 is 1.33 bits per heavy atom. The van der Waals surface area contributed by atoms with Crippen LogP contribution in [0.15, 0.2) is 33.5 Å². The van der Waals surface area contributed by atoms with E-state index in [9.17, 15) is 14.5 Å². The lowest BCUT2D eigenvalue weighted by atomic mass is 9.83. The molecule has 0 radical (unpaired) electrons. The number of alkyl halides is 1. The minimum absolute atomic E-state index is 0.0809. The number of halogens is 1. The summed E-state index contributed by atoms with van der Waals surface area (Å²) in [6.07, 6.45) is -1.01.